The van der Waals surface area contributed by atoms with Gasteiger partial charge >= 0.3 is 5.97 Å². The van der Waals surface area contributed by atoms with Gasteiger partial charge in [0.1, 0.15) is 6.04 Å². The van der Waals surface area contributed by atoms with E-state index >= 15 is 0 Å². The molecule has 0 aliphatic heterocycles. The summed E-state index contributed by atoms with van der Waals surface area (Å²) in [6.45, 7) is 1.62. The molecule has 6 nitrogen and oxygen atoms in total. The van der Waals surface area contributed by atoms with Crippen molar-refractivity contribution in [3.8, 4) is 0 Å². The maximum Gasteiger partial charge on any atom is 0.306 e. The van der Waals surface area contributed by atoms with E-state index in [0.29, 0.717) is 24.1 Å². The Kier molecular flexibility index (Phi) is 4.95. The Morgan fingerprint density at radius 1 is 1.38 bits per heavy atom. The lowest BCUT2D eigenvalue weighted by molar-refractivity contribution is -0.141. The van der Waals surface area contributed by atoms with E-state index in [1.54, 1.807) is 24.4 Å². The molecule has 0 spiro atoms. The number of rotatable bonds is 5. The van der Waals surface area contributed by atoms with Gasteiger partial charge in [0.05, 0.1) is 10.8 Å². The van der Waals surface area contributed by atoms with Crippen LogP contribution in [0, 0.1) is 5.92 Å². The average molecular weight is 310 g/mol. The first-order valence-corrected chi connectivity index (χ1v) is 7.73. The molecule has 7 heteroatoms. The highest BCUT2D eigenvalue weighted by Gasteiger charge is 2.31. The Morgan fingerprint density at radius 3 is 2.71 bits per heavy atom. The highest BCUT2D eigenvalue weighted by Crippen LogP contribution is 2.25. The fraction of sp³-hybridized carbons (Fsp3) is 0.500. The Labute approximate surface area is 126 Å². The summed E-state index contributed by atoms with van der Waals surface area (Å²) in [4.78, 5) is 35.3. The summed E-state index contributed by atoms with van der Waals surface area (Å²) >= 11 is 1.31. The van der Waals surface area contributed by atoms with Crippen molar-refractivity contribution >= 4 is 29.1 Å². The van der Waals surface area contributed by atoms with Gasteiger partial charge in [-0.25, -0.2) is 0 Å². The number of aliphatic carboxylic acids is 1. The zero-order valence-corrected chi connectivity index (χ0v) is 12.5. The van der Waals surface area contributed by atoms with Crippen molar-refractivity contribution in [2.75, 3.05) is 0 Å². The van der Waals surface area contributed by atoms with E-state index in [1.807, 2.05) is 0 Å². The molecule has 0 saturated heterocycles. The number of thiophene rings is 1. The number of carbonyl (C=O) groups excluding carboxylic acids is 2. The molecule has 1 aliphatic carbocycles. The summed E-state index contributed by atoms with van der Waals surface area (Å²) in [5.74, 6) is -1.75. The fourth-order valence-corrected chi connectivity index (χ4v) is 3.03. The maximum atomic E-state index is 12.0. The van der Waals surface area contributed by atoms with Crippen molar-refractivity contribution in [3.63, 3.8) is 0 Å². The highest BCUT2D eigenvalue weighted by molar-refractivity contribution is 7.12. The number of amides is 2. The molecule has 2 rings (SSSR count). The van der Waals surface area contributed by atoms with Crippen molar-refractivity contribution in [1.29, 1.82) is 0 Å². The highest BCUT2D eigenvalue weighted by atomic mass is 32.1. The zero-order chi connectivity index (χ0) is 15.4. The Morgan fingerprint density at radius 2 is 2.14 bits per heavy atom. The van der Waals surface area contributed by atoms with Crippen LogP contribution < -0.4 is 10.6 Å². The van der Waals surface area contributed by atoms with Crippen LogP contribution in [0.4, 0.5) is 0 Å². The monoisotopic (exact) mass is 310 g/mol. The number of hydrogen-bond donors (Lipinski definition) is 3. The third kappa shape index (κ3) is 4.04. The molecular weight excluding hydrogens is 292 g/mol. The van der Waals surface area contributed by atoms with Crippen LogP contribution in [0.3, 0.4) is 0 Å². The minimum Gasteiger partial charge on any atom is -0.481 e. The smallest absolute Gasteiger partial charge is 0.306 e. The molecule has 1 aromatic heterocycles. The van der Waals surface area contributed by atoms with E-state index in [9.17, 15) is 14.4 Å². The Bertz CT molecular complexity index is 529. The van der Waals surface area contributed by atoms with E-state index in [4.69, 9.17) is 5.11 Å². The molecule has 114 valence electrons. The van der Waals surface area contributed by atoms with Gasteiger partial charge in [-0.3, -0.25) is 14.4 Å². The topological polar surface area (TPSA) is 95.5 Å². The summed E-state index contributed by atoms with van der Waals surface area (Å²) in [5.41, 5.74) is 0. The van der Waals surface area contributed by atoms with E-state index < -0.39 is 12.0 Å². The summed E-state index contributed by atoms with van der Waals surface area (Å²) in [7, 11) is 0. The van der Waals surface area contributed by atoms with Gasteiger partial charge in [-0.2, -0.15) is 0 Å². The normalized spacial score (nSPS) is 22.5. The van der Waals surface area contributed by atoms with Crippen LogP contribution in [-0.4, -0.2) is 35.0 Å². The third-order valence-electron chi connectivity index (χ3n) is 3.61. The van der Waals surface area contributed by atoms with Gasteiger partial charge < -0.3 is 15.7 Å². The molecule has 0 bridgehead atoms. The number of carboxylic acid groups (broad SMARTS) is 1. The number of hydrogen-bond acceptors (Lipinski definition) is 4. The molecule has 3 unspecified atom stereocenters. The molecule has 1 saturated carbocycles. The first kappa shape index (κ1) is 15.5. The average Bonchev–Trinajstić information content (AvgIpc) is 3.09. The molecule has 1 aliphatic rings. The first-order chi connectivity index (χ1) is 9.97. The van der Waals surface area contributed by atoms with E-state index in [1.165, 1.54) is 11.3 Å². The van der Waals surface area contributed by atoms with Crippen LogP contribution in [0.2, 0.25) is 0 Å². The van der Waals surface area contributed by atoms with Gasteiger partial charge in [0.25, 0.3) is 5.91 Å². The van der Waals surface area contributed by atoms with Gasteiger partial charge in [-0.15, -0.1) is 11.3 Å². The summed E-state index contributed by atoms with van der Waals surface area (Å²) in [5, 5.41) is 16.2. The molecule has 1 heterocycles. The lowest BCUT2D eigenvalue weighted by atomic mass is 10.1. The second-order valence-electron chi connectivity index (χ2n) is 5.23. The fourth-order valence-electron chi connectivity index (χ4n) is 2.40. The summed E-state index contributed by atoms with van der Waals surface area (Å²) in [6, 6.07) is 2.69. The largest absolute Gasteiger partial charge is 0.481 e. The van der Waals surface area contributed by atoms with E-state index in [2.05, 4.69) is 10.6 Å². The standard InChI is InChI=1S/C14H18N2O4S/c1-8(15-13(18)11-3-2-6-21-11)12(17)16-10-5-4-9(7-10)14(19)20/h2-3,6,8-10H,4-5,7H2,1H3,(H,15,18)(H,16,17)(H,19,20). The number of nitrogens with one attached hydrogen (secondary N) is 2. The molecule has 0 aromatic carbocycles. The summed E-state index contributed by atoms with van der Waals surface area (Å²) < 4.78 is 0. The van der Waals surface area contributed by atoms with Crippen molar-refractivity contribution in [3.05, 3.63) is 22.4 Å². The Hall–Kier alpha value is -1.89. The minimum atomic E-state index is -0.814. The number of carboxylic acids is 1. The van der Waals surface area contributed by atoms with Gasteiger partial charge in [0.2, 0.25) is 5.91 Å². The lowest BCUT2D eigenvalue weighted by Crippen LogP contribution is -2.47. The first-order valence-electron chi connectivity index (χ1n) is 6.85. The second-order valence-corrected chi connectivity index (χ2v) is 6.17. The zero-order valence-electron chi connectivity index (χ0n) is 11.7. The maximum absolute atomic E-state index is 12.0. The predicted molar refractivity (Wildman–Crippen MR) is 78.2 cm³/mol. The molecule has 21 heavy (non-hydrogen) atoms. The lowest BCUT2D eigenvalue weighted by Gasteiger charge is -2.17. The van der Waals surface area contributed by atoms with Gasteiger partial charge in [0.15, 0.2) is 0 Å². The van der Waals surface area contributed by atoms with Crippen molar-refractivity contribution in [2.45, 2.75) is 38.3 Å². The van der Waals surface area contributed by atoms with Crippen LogP contribution in [-0.2, 0) is 9.59 Å². The van der Waals surface area contributed by atoms with Crippen LogP contribution in [0.25, 0.3) is 0 Å². The van der Waals surface area contributed by atoms with E-state index in [0.717, 1.165) is 0 Å². The van der Waals surface area contributed by atoms with Crippen molar-refractivity contribution < 1.29 is 19.5 Å². The minimum absolute atomic E-state index is 0.125. The van der Waals surface area contributed by atoms with Crippen LogP contribution in [0.15, 0.2) is 17.5 Å². The van der Waals surface area contributed by atoms with Gasteiger partial charge in [-0.05, 0) is 37.6 Å². The molecule has 0 radical (unpaired) electrons. The van der Waals surface area contributed by atoms with Crippen LogP contribution >= 0.6 is 11.3 Å². The summed E-state index contributed by atoms with van der Waals surface area (Å²) in [6.07, 6.45) is 1.69. The van der Waals surface area contributed by atoms with Crippen LogP contribution in [0.1, 0.15) is 35.9 Å². The quantitative estimate of drug-likeness (QED) is 0.762. The van der Waals surface area contributed by atoms with Gasteiger partial charge in [-0.1, -0.05) is 6.07 Å². The molecular formula is C14H18N2O4S. The molecule has 3 atom stereocenters. The molecule has 1 aromatic rings. The predicted octanol–water partition coefficient (Wildman–Crippen LogP) is 1.24. The van der Waals surface area contributed by atoms with Gasteiger partial charge in [0, 0.05) is 6.04 Å². The van der Waals surface area contributed by atoms with Crippen LogP contribution in [0.5, 0.6) is 0 Å². The SMILES string of the molecule is CC(NC(=O)c1cccs1)C(=O)NC1CCC(C(=O)O)C1. The molecule has 2 amide bonds. The third-order valence-corrected chi connectivity index (χ3v) is 4.48. The van der Waals surface area contributed by atoms with Crippen molar-refractivity contribution in [1.82, 2.24) is 10.6 Å². The second kappa shape index (κ2) is 6.71. The van der Waals surface area contributed by atoms with E-state index in [-0.39, 0.29) is 23.8 Å². The number of carbonyl (C=O) groups is 3. The molecule has 1 fully saturated rings. The van der Waals surface area contributed by atoms with Crippen molar-refractivity contribution in [2.24, 2.45) is 5.92 Å². The molecule has 3 N–H and O–H groups in total. The Balaban J connectivity index is 1.80.